The van der Waals surface area contributed by atoms with Crippen LogP contribution in [0.4, 0.5) is 0 Å². The lowest BCUT2D eigenvalue weighted by molar-refractivity contribution is 0.459. The van der Waals surface area contributed by atoms with E-state index < -0.39 is 0 Å². The van der Waals surface area contributed by atoms with Crippen molar-refractivity contribution in [1.29, 1.82) is 0 Å². The van der Waals surface area contributed by atoms with Gasteiger partial charge in [0.1, 0.15) is 0 Å². The predicted molar refractivity (Wildman–Crippen MR) is 98.7 cm³/mol. The van der Waals surface area contributed by atoms with Gasteiger partial charge in [-0.25, -0.2) is 0 Å². The van der Waals surface area contributed by atoms with Crippen LogP contribution in [0.5, 0.6) is 0 Å². The highest BCUT2D eigenvalue weighted by Gasteiger charge is 2.12. The van der Waals surface area contributed by atoms with Gasteiger partial charge in [0, 0.05) is 54.8 Å². The minimum atomic E-state index is 0.481. The summed E-state index contributed by atoms with van der Waals surface area (Å²) >= 11 is 5.32. The van der Waals surface area contributed by atoms with E-state index in [9.17, 15) is 0 Å². The molecule has 0 saturated heterocycles. The van der Waals surface area contributed by atoms with E-state index in [1.54, 1.807) is 11.3 Å². The Balaban J connectivity index is 1.92. The van der Waals surface area contributed by atoms with Crippen LogP contribution in [0.1, 0.15) is 23.4 Å². The van der Waals surface area contributed by atoms with Crippen LogP contribution in [0.3, 0.4) is 0 Å². The molecule has 2 aromatic rings. The number of aromatic nitrogens is 1. The van der Waals surface area contributed by atoms with Gasteiger partial charge in [-0.3, -0.25) is 4.99 Å². The molecule has 2 aromatic heterocycles. The third kappa shape index (κ3) is 4.36. The molecule has 0 bridgehead atoms. The molecule has 2 rings (SSSR count). The molecule has 0 aromatic carbocycles. The molecule has 0 aliphatic carbocycles. The summed E-state index contributed by atoms with van der Waals surface area (Å²) in [5.74, 6) is 1.40. The Morgan fingerprint density at radius 2 is 2.32 bits per heavy atom. The van der Waals surface area contributed by atoms with Crippen LogP contribution in [0.2, 0.25) is 0 Å². The van der Waals surface area contributed by atoms with Gasteiger partial charge in [-0.05, 0) is 33.4 Å². The number of hydrogen-bond donors (Lipinski definition) is 1. The van der Waals surface area contributed by atoms with Crippen LogP contribution in [-0.2, 0) is 13.6 Å². The molecular formula is C16H23BrN4S. The standard InChI is InChI=1S/C16H23BrN4S/c1-12(15-6-5-7-22-15)9-19-16(18-2)21(4)11-14-8-13(17)10-20(14)3/h5-8,10,12H,9,11H2,1-4H3,(H,18,19). The number of nitrogens with zero attached hydrogens (tertiary/aromatic N) is 3. The first kappa shape index (κ1) is 17.1. The first-order valence-electron chi connectivity index (χ1n) is 7.27. The first-order chi connectivity index (χ1) is 10.5. The smallest absolute Gasteiger partial charge is 0.193 e. The monoisotopic (exact) mass is 382 g/mol. The lowest BCUT2D eigenvalue weighted by Crippen LogP contribution is -2.40. The zero-order valence-corrected chi connectivity index (χ0v) is 15.9. The normalized spacial score (nSPS) is 13.2. The third-order valence-electron chi connectivity index (χ3n) is 3.64. The second kappa shape index (κ2) is 7.83. The van der Waals surface area contributed by atoms with Gasteiger partial charge in [0.15, 0.2) is 5.96 Å². The molecule has 6 heteroatoms. The zero-order chi connectivity index (χ0) is 16.1. The first-order valence-corrected chi connectivity index (χ1v) is 8.94. The van der Waals surface area contributed by atoms with Crippen molar-refractivity contribution >= 4 is 33.2 Å². The van der Waals surface area contributed by atoms with Crippen molar-refractivity contribution in [2.45, 2.75) is 19.4 Å². The van der Waals surface area contributed by atoms with E-state index >= 15 is 0 Å². The summed E-state index contributed by atoms with van der Waals surface area (Å²) in [5.41, 5.74) is 1.24. The number of guanidine groups is 1. The summed E-state index contributed by atoms with van der Waals surface area (Å²) in [6, 6.07) is 6.42. The Labute approximate surface area is 145 Å². The number of hydrogen-bond acceptors (Lipinski definition) is 2. The summed E-state index contributed by atoms with van der Waals surface area (Å²) in [5, 5.41) is 5.59. The summed E-state index contributed by atoms with van der Waals surface area (Å²) < 4.78 is 3.23. The SMILES string of the molecule is CN=C(NCC(C)c1cccs1)N(C)Cc1cc(Br)cn1C. The molecule has 0 spiro atoms. The molecule has 1 unspecified atom stereocenters. The van der Waals surface area contributed by atoms with Gasteiger partial charge in [-0.2, -0.15) is 0 Å². The molecule has 120 valence electrons. The molecule has 0 aliphatic heterocycles. The number of aryl methyl sites for hydroxylation is 1. The number of thiophene rings is 1. The maximum absolute atomic E-state index is 4.39. The highest BCUT2D eigenvalue weighted by molar-refractivity contribution is 9.10. The van der Waals surface area contributed by atoms with E-state index in [0.717, 1.165) is 23.5 Å². The highest BCUT2D eigenvalue weighted by atomic mass is 79.9. The van der Waals surface area contributed by atoms with Crippen LogP contribution < -0.4 is 5.32 Å². The predicted octanol–water partition coefficient (Wildman–Crippen LogP) is 3.66. The van der Waals surface area contributed by atoms with Crippen molar-refractivity contribution < 1.29 is 0 Å². The number of rotatable bonds is 5. The van der Waals surface area contributed by atoms with Gasteiger partial charge in [-0.1, -0.05) is 13.0 Å². The van der Waals surface area contributed by atoms with E-state index in [2.05, 4.69) is 86.5 Å². The Bertz CT molecular complexity index is 618. The van der Waals surface area contributed by atoms with Gasteiger partial charge >= 0.3 is 0 Å². The molecule has 1 N–H and O–H groups in total. The zero-order valence-electron chi connectivity index (χ0n) is 13.5. The molecule has 0 saturated carbocycles. The molecule has 22 heavy (non-hydrogen) atoms. The van der Waals surface area contributed by atoms with E-state index in [4.69, 9.17) is 0 Å². The lowest BCUT2D eigenvalue weighted by Gasteiger charge is -2.23. The molecule has 0 fully saturated rings. The largest absolute Gasteiger partial charge is 0.356 e. The fraction of sp³-hybridized carbons (Fsp3) is 0.438. The van der Waals surface area contributed by atoms with Crippen LogP contribution in [0.15, 0.2) is 39.2 Å². The fourth-order valence-electron chi connectivity index (χ4n) is 2.34. The Hall–Kier alpha value is -1.27. The van der Waals surface area contributed by atoms with Crippen molar-refractivity contribution in [1.82, 2.24) is 14.8 Å². The van der Waals surface area contributed by atoms with Gasteiger partial charge in [0.25, 0.3) is 0 Å². The summed E-state index contributed by atoms with van der Waals surface area (Å²) in [6.07, 6.45) is 2.07. The Morgan fingerprint density at radius 3 is 2.86 bits per heavy atom. The average Bonchev–Trinajstić information content (AvgIpc) is 3.10. The average molecular weight is 383 g/mol. The topological polar surface area (TPSA) is 32.6 Å². The maximum Gasteiger partial charge on any atom is 0.193 e. The van der Waals surface area contributed by atoms with Gasteiger partial charge in [-0.15, -0.1) is 11.3 Å². The van der Waals surface area contributed by atoms with E-state index in [1.165, 1.54) is 10.6 Å². The number of halogens is 1. The highest BCUT2D eigenvalue weighted by Crippen LogP contribution is 2.20. The van der Waals surface area contributed by atoms with Crippen LogP contribution in [-0.4, -0.2) is 36.1 Å². The molecule has 0 radical (unpaired) electrons. The molecular weight excluding hydrogens is 360 g/mol. The molecule has 1 atom stereocenters. The molecule has 4 nitrogen and oxygen atoms in total. The minimum Gasteiger partial charge on any atom is -0.356 e. The minimum absolute atomic E-state index is 0.481. The van der Waals surface area contributed by atoms with E-state index in [1.807, 2.05) is 7.05 Å². The second-order valence-corrected chi connectivity index (χ2v) is 7.36. The van der Waals surface area contributed by atoms with Crippen molar-refractivity contribution in [3.63, 3.8) is 0 Å². The van der Waals surface area contributed by atoms with Crippen LogP contribution in [0, 0.1) is 0 Å². The lowest BCUT2D eigenvalue weighted by atomic mass is 10.1. The molecule has 0 aliphatic rings. The van der Waals surface area contributed by atoms with E-state index in [0.29, 0.717) is 5.92 Å². The Kier molecular flexibility index (Phi) is 6.08. The fourth-order valence-corrected chi connectivity index (χ4v) is 3.70. The van der Waals surface area contributed by atoms with Crippen LogP contribution >= 0.6 is 27.3 Å². The van der Waals surface area contributed by atoms with Crippen molar-refractivity contribution in [2.75, 3.05) is 20.6 Å². The summed E-state index contributed by atoms with van der Waals surface area (Å²) in [7, 11) is 5.95. The van der Waals surface area contributed by atoms with Gasteiger partial charge in [0.05, 0.1) is 6.54 Å². The third-order valence-corrected chi connectivity index (χ3v) is 5.18. The van der Waals surface area contributed by atoms with Gasteiger partial charge < -0.3 is 14.8 Å². The quantitative estimate of drug-likeness (QED) is 0.631. The number of nitrogens with one attached hydrogen (secondary N) is 1. The van der Waals surface area contributed by atoms with Gasteiger partial charge in [0.2, 0.25) is 0 Å². The van der Waals surface area contributed by atoms with Crippen molar-refractivity contribution in [2.24, 2.45) is 12.0 Å². The maximum atomic E-state index is 4.39. The van der Waals surface area contributed by atoms with Crippen molar-refractivity contribution in [3.8, 4) is 0 Å². The Morgan fingerprint density at radius 1 is 1.55 bits per heavy atom. The molecule has 2 heterocycles. The summed E-state index contributed by atoms with van der Waals surface area (Å²) in [6.45, 7) is 3.93. The second-order valence-electron chi connectivity index (χ2n) is 5.46. The van der Waals surface area contributed by atoms with E-state index in [-0.39, 0.29) is 0 Å². The van der Waals surface area contributed by atoms with Crippen molar-refractivity contribution in [3.05, 3.63) is 44.8 Å². The number of aliphatic imine (C=N–C) groups is 1. The van der Waals surface area contributed by atoms with Crippen LogP contribution in [0.25, 0.3) is 0 Å². The molecule has 0 amide bonds. The summed E-state index contributed by atoms with van der Waals surface area (Å²) in [4.78, 5) is 7.93.